The lowest BCUT2D eigenvalue weighted by Crippen LogP contribution is -2.48. The monoisotopic (exact) mass is 399 g/mol. The minimum absolute atomic E-state index is 0.0361. The molecule has 3 nitrogen and oxygen atoms in total. The van der Waals surface area contributed by atoms with Gasteiger partial charge in [0.05, 0.1) is 6.61 Å². The van der Waals surface area contributed by atoms with Crippen LogP contribution in [0.25, 0.3) is 0 Å². The Labute approximate surface area is 179 Å². The first-order valence-electron chi connectivity index (χ1n) is 10.3. The highest BCUT2D eigenvalue weighted by Gasteiger charge is 2.37. The highest BCUT2D eigenvalue weighted by atomic mass is 16.5. The molecule has 0 bridgehead atoms. The summed E-state index contributed by atoms with van der Waals surface area (Å²) in [4.78, 5) is 15.6. The standard InChI is InChI=1S/C27H29NO2/c1-3-19-27(2,30-22-25-17-11-6-12-18-25)26(29)28(20-23-13-7-4-8-14-23)21-24-15-9-5-10-16-24/h3-18H,1,19-22H2,2H3. The van der Waals surface area contributed by atoms with E-state index >= 15 is 0 Å². The van der Waals surface area contributed by atoms with Crippen molar-refractivity contribution in [3.05, 3.63) is 120 Å². The fourth-order valence-corrected chi connectivity index (χ4v) is 3.44. The second kappa shape index (κ2) is 10.6. The molecule has 0 spiro atoms. The molecule has 0 radical (unpaired) electrons. The van der Waals surface area contributed by atoms with Crippen LogP contribution >= 0.6 is 0 Å². The van der Waals surface area contributed by atoms with E-state index in [2.05, 4.69) is 6.58 Å². The van der Waals surface area contributed by atoms with Crippen molar-refractivity contribution in [3.8, 4) is 0 Å². The van der Waals surface area contributed by atoms with Gasteiger partial charge in [-0.3, -0.25) is 4.79 Å². The van der Waals surface area contributed by atoms with Crippen LogP contribution in [0.2, 0.25) is 0 Å². The lowest BCUT2D eigenvalue weighted by atomic mass is 9.98. The van der Waals surface area contributed by atoms with Gasteiger partial charge < -0.3 is 9.64 Å². The third-order valence-corrected chi connectivity index (χ3v) is 5.11. The number of benzene rings is 3. The number of hydrogen-bond acceptors (Lipinski definition) is 2. The molecule has 1 amide bonds. The molecule has 0 saturated heterocycles. The average molecular weight is 400 g/mol. The van der Waals surface area contributed by atoms with Gasteiger partial charge in [0.25, 0.3) is 5.91 Å². The molecule has 1 atom stereocenters. The van der Waals surface area contributed by atoms with Crippen LogP contribution in [0.15, 0.2) is 104 Å². The smallest absolute Gasteiger partial charge is 0.255 e. The molecule has 1 unspecified atom stereocenters. The van der Waals surface area contributed by atoms with E-state index in [1.807, 2.05) is 103 Å². The van der Waals surface area contributed by atoms with Crippen LogP contribution in [-0.4, -0.2) is 16.4 Å². The SMILES string of the molecule is C=CCC(C)(OCc1ccccc1)C(=O)N(Cc1ccccc1)Cc1ccccc1. The quantitative estimate of drug-likeness (QED) is 0.405. The molecular formula is C27H29NO2. The van der Waals surface area contributed by atoms with Gasteiger partial charge in [-0.1, -0.05) is 97.1 Å². The molecule has 0 aromatic heterocycles. The zero-order chi connectivity index (χ0) is 21.2. The van der Waals surface area contributed by atoms with Gasteiger partial charge in [-0.15, -0.1) is 6.58 Å². The fraction of sp³-hybridized carbons (Fsp3) is 0.222. The molecule has 0 aliphatic rings. The number of amides is 1. The average Bonchev–Trinajstić information content (AvgIpc) is 2.79. The summed E-state index contributed by atoms with van der Waals surface area (Å²) in [6.45, 7) is 7.15. The van der Waals surface area contributed by atoms with Crippen LogP contribution in [0, 0.1) is 0 Å². The van der Waals surface area contributed by atoms with Gasteiger partial charge in [-0.2, -0.15) is 0 Å². The second-order valence-electron chi connectivity index (χ2n) is 7.63. The lowest BCUT2D eigenvalue weighted by Gasteiger charge is -2.34. The fourth-order valence-electron chi connectivity index (χ4n) is 3.44. The van der Waals surface area contributed by atoms with Crippen molar-refractivity contribution < 1.29 is 9.53 Å². The predicted octanol–water partition coefficient (Wildman–Crippen LogP) is 5.77. The van der Waals surface area contributed by atoms with Crippen LogP contribution in [0.3, 0.4) is 0 Å². The van der Waals surface area contributed by atoms with Crippen molar-refractivity contribution in [2.45, 2.75) is 38.6 Å². The summed E-state index contributed by atoms with van der Waals surface area (Å²) in [5, 5.41) is 0. The Hall–Kier alpha value is -3.17. The summed E-state index contributed by atoms with van der Waals surface area (Å²) >= 11 is 0. The summed E-state index contributed by atoms with van der Waals surface area (Å²) in [6, 6.07) is 30.0. The Morgan fingerprint density at radius 2 is 1.27 bits per heavy atom. The zero-order valence-corrected chi connectivity index (χ0v) is 17.5. The number of carbonyl (C=O) groups is 1. The first-order valence-corrected chi connectivity index (χ1v) is 10.3. The summed E-state index contributed by atoms with van der Waals surface area (Å²) in [5.41, 5.74) is 2.23. The van der Waals surface area contributed by atoms with Crippen LogP contribution in [0.4, 0.5) is 0 Å². The van der Waals surface area contributed by atoms with E-state index in [-0.39, 0.29) is 5.91 Å². The van der Waals surface area contributed by atoms with Crippen LogP contribution in [-0.2, 0) is 29.2 Å². The molecule has 154 valence electrons. The predicted molar refractivity (Wildman–Crippen MR) is 122 cm³/mol. The van der Waals surface area contributed by atoms with Crippen molar-refractivity contribution >= 4 is 5.91 Å². The maximum absolute atomic E-state index is 13.7. The number of carbonyl (C=O) groups excluding carboxylic acids is 1. The third kappa shape index (κ3) is 5.91. The Morgan fingerprint density at radius 1 is 0.833 bits per heavy atom. The van der Waals surface area contributed by atoms with Gasteiger partial charge in [0.1, 0.15) is 5.60 Å². The van der Waals surface area contributed by atoms with E-state index in [1.54, 1.807) is 6.08 Å². The molecule has 3 rings (SSSR count). The normalized spacial score (nSPS) is 12.7. The van der Waals surface area contributed by atoms with Crippen molar-refractivity contribution in [1.29, 1.82) is 0 Å². The summed E-state index contributed by atoms with van der Waals surface area (Å²) in [5.74, 6) is -0.0361. The van der Waals surface area contributed by atoms with Crippen LogP contribution in [0.1, 0.15) is 30.0 Å². The Bertz CT molecular complexity index is 883. The Kier molecular flexibility index (Phi) is 7.58. The zero-order valence-electron chi connectivity index (χ0n) is 17.5. The van der Waals surface area contributed by atoms with E-state index in [1.165, 1.54) is 0 Å². The summed E-state index contributed by atoms with van der Waals surface area (Å²) in [7, 11) is 0. The minimum atomic E-state index is -0.985. The molecule has 0 aliphatic heterocycles. The van der Waals surface area contributed by atoms with E-state index in [0.29, 0.717) is 26.1 Å². The van der Waals surface area contributed by atoms with Gasteiger partial charge in [0.15, 0.2) is 0 Å². The van der Waals surface area contributed by atoms with Crippen LogP contribution < -0.4 is 0 Å². The number of hydrogen-bond donors (Lipinski definition) is 0. The van der Waals surface area contributed by atoms with Crippen molar-refractivity contribution in [2.75, 3.05) is 0 Å². The van der Waals surface area contributed by atoms with Crippen molar-refractivity contribution in [2.24, 2.45) is 0 Å². The molecule has 0 heterocycles. The van der Waals surface area contributed by atoms with Gasteiger partial charge in [-0.05, 0) is 23.6 Å². The van der Waals surface area contributed by atoms with Gasteiger partial charge in [0.2, 0.25) is 0 Å². The van der Waals surface area contributed by atoms with Crippen molar-refractivity contribution in [3.63, 3.8) is 0 Å². The largest absolute Gasteiger partial charge is 0.360 e. The highest BCUT2D eigenvalue weighted by Crippen LogP contribution is 2.24. The molecule has 3 aromatic rings. The molecule has 3 aromatic carbocycles. The maximum atomic E-state index is 13.7. The molecule has 0 aliphatic carbocycles. The van der Waals surface area contributed by atoms with E-state index in [9.17, 15) is 4.79 Å². The van der Waals surface area contributed by atoms with Gasteiger partial charge in [0, 0.05) is 19.5 Å². The summed E-state index contributed by atoms with van der Waals surface area (Å²) in [6.07, 6.45) is 2.20. The first-order chi connectivity index (χ1) is 14.6. The molecule has 0 saturated carbocycles. The molecule has 30 heavy (non-hydrogen) atoms. The lowest BCUT2D eigenvalue weighted by molar-refractivity contribution is -0.159. The van der Waals surface area contributed by atoms with Gasteiger partial charge >= 0.3 is 0 Å². The minimum Gasteiger partial charge on any atom is -0.360 e. The number of rotatable bonds is 10. The topological polar surface area (TPSA) is 29.5 Å². The molecule has 0 fully saturated rings. The number of ether oxygens (including phenoxy) is 1. The Morgan fingerprint density at radius 3 is 1.70 bits per heavy atom. The Balaban J connectivity index is 1.83. The van der Waals surface area contributed by atoms with E-state index < -0.39 is 5.60 Å². The summed E-state index contributed by atoms with van der Waals surface area (Å²) < 4.78 is 6.21. The molecular weight excluding hydrogens is 370 g/mol. The first kappa shape index (κ1) is 21.5. The molecule has 0 N–H and O–H groups in total. The van der Waals surface area contributed by atoms with Crippen LogP contribution in [0.5, 0.6) is 0 Å². The highest BCUT2D eigenvalue weighted by molar-refractivity contribution is 5.85. The second-order valence-corrected chi connectivity index (χ2v) is 7.63. The van der Waals surface area contributed by atoms with Gasteiger partial charge in [-0.25, -0.2) is 0 Å². The van der Waals surface area contributed by atoms with Crippen molar-refractivity contribution in [1.82, 2.24) is 4.90 Å². The number of nitrogens with zero attached hydrogens (tertiary/aromatic N) is 1. The maximum Gasteiger partial charge on any atom is 0.255 e. The van der Waals surface area contributed by atoms with E-state index in [0.717, 1.165) is 16.7 Å². The third-order valence-electron chi connectivity index (χ3n) is 5.11. The molecule has 3 heteroatoms. The van der Waals surface area contributed by atoms with E-state index in [4.69, 9.17) is 4.74 Å².